The first kappa shape index (κ1) is 15.9. The van der Waals surface area contributed by atoms with Gasteiger partial charge < -0.3 is 5.32 Å². The van der Waals surface area contributed by atoms with Gasteiger partial charge in [-0.1, -0.05) is 6.07 Å². The maximum Gasteiger partial charge on any atom is 0.273 e. The van der Waals surface area contributed by atoms with E-state index in [-0.39, 0.29) is 28.2 Å². The molecule has 1 fully saturated rings. The molecule has 0 amide bonds. The zero-order valence-electron chi connectivity index (χ0n) is 12.2. The van der Waals surface area contributed by atoms with E-state index in [2.05, 4.69) is 5.32 Å². The summed E-state index contributed by atoms with van der Waals surface area (Å²) in [6.07, 6.45) is 0. The highest BCUT2D eigenvalue weighted by Crippen LogP contribution is 2.28. The molecule has 2 rings (SSSR count). The van der Waals surface area contributed by atoms with Crippen molar-refractivity contribution in [3.63, 3.8) is 0 Å². The lowest BCUT2D eigenvalue weighted by Crippen LogP contribution is -2.56. The van der Waals surface area contributed by atoms with E-state index in [1.165, 1.54) is 29.4 Å². The summed E-state index contributed by atoms with van der Waals surface area (Å²) in [5, 5.41) is 14.2. The maximum absolute atomic E-state index is 12.8. The largest absolute Gasteiger partial charge is 0.311 e. The Kier molecular flexibility index (Phi) is 4.31. The van der Waals surface area contributed by atoms with E-state index in [0.717, 1.165) is 0 Å². The number of nitrogens with zero attached hydrogens (tertiary/aromatic N) is 2. The van der Waals surface area contributed by atoms with E-state index in [0.29, 0.717) is 13.1 Å². The summed E-state index contributed by atoms with van der Waals surface area (Å²) in [6.45, 7) is 6.12. The second-order valence-corrected chi connectivity index (χ2v) is 7.25. The fraction of sp³-hybridized carbons (Fsp3) is 0.538. The predicted molar refractivity (Wildman–Crippen MR) is 78.7 cm³/mol. The molecular weight excluding hydrogens is 294 g/mol. The number of hydrogen-bond acceptors (Lipinski definition) is 5. The molecule has 1 aromatic carbocycles. The molecule has 0 bridgehead atoms. The topological polar surface area (TPSA) is 92.5 Å². The van der Waals surface area contributed by atoms with Crippen molar-refractivity contribution in [3.8, 4) is 0 Å². The predicted octanol–water partition coefficient (Wildman–Crippen LogP) is 1.27. The number of nitro groups is 1. The highest BCUT2D eigenvalue weighted by Gasteiger charge is 2.35. The summed E-state index contributed by atoms with van der Waals surface area (Å²) in [5.41, 5.74) is 0.00722. The standard InChI is InChI=1S/C13H19N3O4S/c1-9-8-15(10(2)7-14-9)21(19,20)13-6-4-5-12(11(13)3)16(17)18/h4-6,9-10,14H,7-8H2,1-3H3. The van der Waals surface area contributed by atoms with Crippen LogP contribution in [0.1, 0.15) is 19.4 Å². The zero-order valence-corrected chi connectivity index (χ0v) is 13.1. The van der Waals surface area contributed by atoms with Crippen LogP contribution in [-0.4, -0.2) is 42.8 Å². The SMILES string of the molecule is Cc1c([N+](=O)[O-])cccc1S(=O)(=O)N1CC(C)NCC1C. The smallest absolute Gasteiger partial charge is 0.273 e. The fourth-order valence-corrected chi connectivity index (χ4v) is 4.49. The zero-order chi connectivity index (χ0) is 15.8. The summed E-state index contributed by atoms with van der Waals surface area (Å²) >= 11 is 0. The third-order valence-corrected chi connectivity index (χ3v) is 5.87. The molecule has 1 N–H and O–H groups in total. The number of sulfonamides is 1. The van der Waals surface area contributed by atoms with Crippen molar-refractivity contribution in [1.82, 2.24) is 9.62 Å². The van der Waals surface area contributed by atoms with E-state index < -0.39 is 14.9 Å². The van der Waals surface area contributed by atoms with Gasteiger partial charge in [-0.25, -0.2) is 8.42 Å². The Labute approximate surface area is 124 Å². The summed E-state index contributed by atoms with van der Waals surface area (Å²) < 4.78 is 27.0. The van der Waals surface area contributed by atoms with E-state index >= 15 is 0 Å². The molecule has 0 aromatic heterocycles. The molecule has 2 unspecified atom stereocenters. The van der Waals surface area contributed by atoms with Crippen molar-refractivity contribution < 1.29 is 13.3 Å². The van der Waals surface area contributed by atoms with Crippen molar-refractivity contribution in [3.05, 3.63) is 33.9 Å². The van der Waals surface area contributed by atoms with Gasteiger partial charge in [0.15, 0.2) is 0 Å². The first-order valence-electron chi connectivity index (χ1n) is 6.74. The molecular formula is C13H19N3O4S. The molecule has 8 heteroatoms. The van der Waals surface area contributed by atoms with Crippen LogP contribution in [0.3, 0.4) is 0 Å². The van der Waals surface area contributed by atoms with Crippen LogP contribution in [-0.2, 0) is 10.0 Å². The van der Waals surface area contributed by atoms with Gasteiger partial charge in [-0.15, -0.1) is 0 Å². The molecule has 1 saturated heterocycles. The molecule has 116 valence electrons. The highest BCUT2D eigenvalue weighted by atomic mass is 32.2. The van der Waals surface area contributed by atoms with Gasteiger partial charge in [0.25, 0.3) is 5.69 Å². The van der Waals surface area contributed by atoms with Crippen molar-refractivity contribution in [2.75, 3.05) is 13.1 Å². The first-order valence-corrected chi connectivity index (χ1v) is 8.18. The second kappa shape index (κ2) is 5.70. The minimum atomic E-state index is -3.74. The molecule has 2 atom stereocenters. The van der Waals surface area contributed by atoms with Gasteiger partial charge in [0.2, 0.25) is 10.0 Å². The quantitative estimate of drug-likeness (QED) is 0.670. The Morgan fingerprint density at radius 2 is 2.05 bits per heavy atom. The van der Waals surface area contributed by atoms with E-state index in [1.54, 1.807) is 0 Å². The molecule has 0 radical (unpaired) electrons. The summed E-state index contributed by atoms with van der Waals surface area (Å²) in [6, 6.07) is 4.02. The summed E-state index contributed by atoms with van der Waals surface area (Å²) in [5.74, 6) is 0. The van der Waals surface area contributed by atoms with Gasteiger partial charge in [0, 0.05) is 36.8 Å². The van der Waals surface area contributed by atoms with E-state index in [4.69, 9.17) is 0 Å². The molecule has 0 aliphatic carbocycles. The van der Waals surface area contributed by atoms with Crippen molar-refractivity contribution in [1.29, 1.82) is 0 Å². The molecule has 1 aromatic rings. The van der Waals surface area contributed by atoms with Crippen molar-refractivity contribution in [2.45, 2.75) is 37.8 Å². The molecule has 21 heavy (non-hydrogen) atoms. The van der Waals surface area contributed by atoms with Crippen LogP contribution >= 0.6 is 0 Å². The van der Waals surface area contributed by atoms with Crippen molar-refractivity contribution in [2.24, 2.45) is 0 Å². The second-order valence-electron chi connectivity index (χ2n) is 5.39. The number of rotatable bonds is 3. The van der Waals surface area contributed by atoms with Crippen LogP contribution in [0, 0.1) is 17.0 Å². The molecule has 0 spiro atoms. The van der Waals surface area contributed by atoms with Gasteiger partial charge >= 0.3 is 0 Å². The van der Waals surface area contributed by atoms with Gasteiger partial charge in [-0.2, -0.15) is 4.31 Å². The lowest BCUT2D eigenvalue weighted by molar-refractivity contribution is -0.385. The molecule has 7 nitrogen and oxygen atoms in total. The monoisotopic (exact) mass is 313 g/mol. The maximum atomic E-state index is 12.8. The highest BCUT2D eigenvalue weighted by molar-refractivity contribution is 7.89. The number of nitro benzene ring substituents is 1. The Balaban J connectivity index is 2.49. The molecule has 0 saturated carbocycles. The Hall–Kier alpha value is -1.51. The van der Waals surface area contributed by atoms with Crippen LogP contribution in [0.2, 0.25) is 0 Å². The Morgan fingerprint density at radius 1 is 1.38 bits per heavy atom. The van der Waals surface area contributed by atoms with Crippen LogP contribution in [0.25, 0.3) is 0 Å². The van der Waals surface area contributed by atoms with Crippen LogP contribution in [0.15, 0.2) is 23.1 Å². The van der Waals surface area contributed by atoms with Gasteiger partial charge in [0.05, 0.1) is 9.82 Å². The lowest BCUT2D eigenvalue weighted by Gasteiger charge is -2.36. The third-order valence-electron chi connectivity index (χ3n) is 3.75. The number of nitrogens with one attached hydrogen (secondary N) is 1. The summed E-state index contributed by atoms with van der Waals surface area (Å²) in [7, 11) is -3.74. The van der Waals surface area contributed by atoms with E-state index in [1.807, 2.05) is 13.8 Å². The Morgan fingerprint density at radius 3 is 2.67 bits per heavy atom. The minimum absolute atomic E-state index is 0.0117. The first-order chi connectivity index (χ1) is 9.75. The normalized spacial score (nSPS) is 24.0. The number of piperazine rings is 1. The van der Waals surface area contributed by atoms with Gasteiger partial charge in [0.1, 0.15) is 0 Å². The molecule has 1 heterocycles. The summed E-state index contributed by atoms with van der Waals surface area (Å²) in [4.78, 5) is 10.4. The van der Waals surface area contributed by atoms with Gasteiger partial charge in [-0.05, 0) is 26.8 Å². The minimum Gasteiger partial charge on any atom is -0.311 e. The van der Waals surface area contributed by atoms with E-state index in [9.17, 15) is 18.5 Å². The van der Waals surface area contributed by atoms with Crippen LogP contribution < -0.4 is 5.32 Å². The lowest BCUT2D eigenvalue weighted by atomic mass is 10.2. The molecule has 1 aliphatic rings. The average molecular weight is 313 g/mol. The third kappa shape index (κ3) is 2.92. The van der Waals surface area contributed by atoms with Crippen molar-refractivity contribution >= 4 is 15.7 Å². The fourth-order valence-electron chi connectivity index (χ4n) is 2.53. The number of benzene rings is 1. The Bertz CT molecular complexity index is 659. The van der Waals surface area contributed by atoms with Crippen LogP contribution in [0.4, 0.5) is 5.69 Å². The average Bonchev–Trinajstić information content (AvgIpc) is 2.41. The number of hydrogen-bond donors (Lipinski definition) is 1. The molecule has 1 aliphatic heterocycles. The van der Waals surface area contributed by atoms with Gasteiger partial charge in [-0.3, -0.25) is 10.1 Å². The van der Waals surface area contributed by atoms with Crippen LogP contribution in [0.5, 0.6) is 0 Å².